The first-order valence-electron chi connectivity index (χ1n) is 2.55. The average molecular weight is 138 g/mol. The van der Waals surface area contributed by atoms with Crippen LogP contribution in [0.15, 0.2) is 0 Å². The molecule has 0 N–H and O–H groups in total. The third kappa shape index (κ3) is 2.50. The number of nitrogens with zero attached hydrogens (tertiary/aromatic N) is 1. The number of halogens is 1. The minimum absolute atomic E-state index is 0.293. The molecule has 0 aliphatic heterocycles. The molecule has 0 fully saturated rings. The molecular formula is C5H12ClNO. The third-order valence-corrected chi connectivity index (χ3v) is 1.58. The van der Waals surface area contributed by atoms with Crippen LogP contribution < -0.4 is 0 Å². The van der Waals surface area contributed by atoms with Crippen molar-refractivity contribution in [1.29, 1.82) is 0 Å². The van der Waals surface area contributed by atoms with Gasteiger partial charge in [-0.1, -0.05) is 0 Å². The van der Waals surface area contributed by atoms with Gasteiger partial charge in [0.25, 0.3) is 0 Å². The van der Waals surface area contributed by atoms with Crippen LogP contribution in [0.1, 0.15) is 6.92 Å². The number of hydroxylamine groups is 2. The first-order valence-corrected chi connectivity index (χ1v) is 3.08. The van der Waals surface area contributed by atoms with E-state index in [-0.39, 0.29) is 0 Å². The molecule has 1 atom stereocenters. The molecule has 0 aliphatic rings. The molecule has 0 bridgehead atoms. The molecule has 2 nitrogen and oxygen atoms in total. The summed E-state index contributed by atoms with van der Waals surface area (Å²) in [6.45, 7) is 2.00. The molecule has 0 aromatic carbocycles. The topological polar surface area (TPSA) is 12.5 Å². The molecule has 0 heterocycles. The van der Waals surface area contributed by atoms with Crippen molar-refractivity contribution in [3.63, 3.8) is 0 Å². The lowest BCUT2D eigenvalue weighted by Crippen LogP contribution is -2.28. The van der Waals surface area contributed by atoms with Crippen LogP contribution in [0.3, 0.4) is 0 Å². The van der Waals surface area contributed by atoms with E-state index in [0.717, 1.165) is 0 Å². The van der Waals surface area contributed by atoms with Crippen LogP contribution in [-0.4, -0.2) is 31.1 Å². The largest absolute Gasteiger partial charge is 0.302 e. The van der Waals surface area contributed by atoms with E-state index >= 15 is 0 Å². The SMILES string of the molecule is CON(C)C(C)CCl. The van der Waals surface area contributed by atoms with Crippen LogP contribution in [0.5, 0.6) is 0 Å². The fourth-order valence-electron chi connectivity index (χ4n) is 0.277. The summed E-state index contributed by atoms with van der Waals surface area (Å²) in [7, 11) is 3.48. The highest BCUT2D eigenvalue weighted by Crippen LogP contribution is 1.95. The Morgan fingerprint density at radius 3 is 2.38 bits per heavy atom. The number of alkyl halides is 1. The van der Waals surface area contributed by atoms with E-state index in [2.05, 4.69) is 0 Å². The van der Waals surface area contributed by atoms with E-state index < -0.39 is 0 Å². The van der Waals surface area contributed by atoms with Crippen LogP contribution >= 0.6 is 11.6 Å². The lowest BCUT2D eigenvalue weighted by Gasteiger charge is -2.18. The average Bonchev–Trinajstić information content (AvgIpc) is 1.84. The molecule has 0 aliphatic carbocycles. The van der Waals surface area contributed by atoms with Crippen molar-refractivity contribution in [2.45, 2.75) is 13.0 Å². The summed E-state index contributed by atoms with van der Waals surface area (Å²) in [5, 5.41) is 1.72. The van der Waals surface area contributed by atoms with E-state index in [0.29, 0.717) is 11.9 Å². The van der Waals surface area contributed by atoms with E-state index in [4.69, 9.17) is 16.4 Å². The molecule has 0 aromatic rings. The molecule has 0 radical (unpaired) electrons. The van der Waals surface area contributed by atoms with E-state index in [1.165, 1.54) is 0 Å². The zero-order valence-electron chi connectivity index (χ0n) is 5.52. The lowest BCUT2D eigenvalue weighted by atomic mass is 10.4. The van der Waals surface area contributed by atoms with Gasteiger partial charge in [0.2, 0.25) is 0 Å². The second kappa shape index (κ2) is 4.13. The van der Waals surface area contributed by atoms with Crippen LogP contribution in [0.2, 0.25) is 0 Å². The Labute approximate surface area is 55.3 Å². The van der Waals surface area contributed by atoms with E-state index in [1.54, 1.807) is 12.2 Å². The van der Waals surface area contributed by atoms with Gasteiger partial charge in [0.05, 0.1) is 7.11 Å². The van der Waals surface area contributed by atoms with Gasteiger partial charge in [0, 0.05) is 19.0 Å². The van der Waals surface area contributed by atoms with Gasteiger partial charge in [-0.3, -0.25) is 0 Å². The van der Waals surface area contributed by atoms with Crippen molar-refractivity contribution < 1.29 is 4.84 Å². The predicted octanol–water partition coefficient (Wildman–Crippen LogP) is 1.11. The normalized spacial score (nSPS) is 14.6. The summed E-state index contributed by atoms with van der Waals surface area (Å²) >= 11 is 5.50. The van der Waals surface area contributed by atoms with Crippen LogP contribution in [0.25, 0.3) is 0 Å². The maximum atomic E-state index is 5.50. The Morgan fingerprint density at radius 1 is 1.75 bits per heavy atom. The maximum Gasteiger partial charge on any atom is 0.0575 e. The van der Waals surface area contributed by atoms with Gasteiger partial charge in [-0.25, -0.2) is 0 Å². The Morgan fingerprint density at radius 2 is 2.25 bits per heavy atom. The Hall–Kier alpha value is 0.210. The molecule has 0 saturated carbocycles. The van der Waals surface area contributed by atoms with Gasteiger partial charge in [-0.15, -0.1) is 11.6 Å². The number of hydrogen-bond donors (Lipinski definition) is 0. The molecule has 0 rings (SSSR count). The summed E-state index contributed by atoms with van der Waals surface area (Å²) in [6.07, 6.45) is 0. The molecule has 8 heavy (non-hydrogen) atoms. The fourth-order valence-corrected chi connectivity index (χ4v) is 0.471. The predicted molar refractivity (Wildman–Crippen MR) is 35.0 cm³/mol. The summed E-state index contributed by atoms with van der Waals surface area (Å²) < 4.78 is 0. The monoisotopic (exact) mass is 137 g/mol. The summed E-state index contributed by atoms with van der Waals surface area (Å²) in [5.74, 6) is 0.602. The molecular weight excluding hydrogens is 126 g/mol. The Kier molecular flexibility index (Phi) is 4.23. The fraction of sp³-hybridized carbons (Fsp3) is 1.00. The summed E-state index contributed by atoms with van der Waals surface area (Å²) in [6, 6.07) is 0.293. The second-order valence-electron chi connectivity index (χ2n) is 1.73. The maximum absolute atomic E-state index is 5.50. The van der Waals surface area contributed by atoms with Crippen LogP contribution in [0, 0.1) is 0 Å². The van der Waals surface area contributed by atoms with Crippen molar-refractivity contribution in [1.82, 2.24) is 5.06 Å². The number of rotatable bonds is 3. The summed E-state index contributed by atoms with van der Waals surface area (Å²) in [4.78, 5) is 4.85. The van der Waals surface area contributed by atoms with Crippen LogP contribution in [-0.2, 0) is 4.84 Å². The van der Waals surface area contributed by atoms with Gasteiger partial charge >= 0.3 is 0 Å². The highest BCUT2D eigenvalue weighted by Gasteiger charge is 2.03. The van der Waals surface area contributed by atoms with Crippen molar-refractivity contribution in [3.05, 3.63) is 0 Å². The standard InChI is InChI=1S/C5H12ClNO/c1-5(4-6)7(2)8-3/h5H,4H2,1-3H3. The quantitative estimate of drug-likeness (QED) is 0.427. The minimum atomic E-state index is 0.293. The zero-order valence-corrected chi connectivity index (χ0v) is 6.27. The smallest absolute Gasteiger partial charge is 0.0575 e. The van der Waals surface area contributed by atoms with Crippen molar-refractivity contribution >= 4 is 11.6 Å². The van der Waals surface area contributed by atoms with Crippen LogP contribution in [0.4, 0.5) is 0 Å². The molecule has 3 heteroatoms. The van der Waals surface area contributed by atoms with Gasteiger partial charge < -0.3 is 4.84 Å². The van der Waals surface area contributed by atoms with Crippen molar-refractivity contribution in [3.8, 4) is 0 Å². The molecule has 1 unspecified atom stereocenters. The van der Waals surface area contributed by atoms with E-state index in [1.807, 2.05) is 14.0 Å². The molecule has 0 amide bonds. The lowest BCUT2D eigenvalue weighted by molar-refractivity contribution is -0.130. The first kappa shape index (κ1) is 8.21. The van der Waals surface area contributed by atoms with Gasteiger partial charge in [0.1, 0.15) is 0 Å². The first-order chi connectivity index (χ1) is 3.72. The molecule has 0 spiro atoms. The molecule has 0 saturated heterocycles. The van der Waals surface area contributed by atoms with E-state index in [9.17, 15) is 0 Å². The highest BCUT2D eigenvalue weighted by atomic mass is 35.5. The zero-order chi connectivity index (χ0) is 6.57. The highest BCUT2D eigenvalue weighted by molar-refractivity contribution is 6.18. The Balaban J connectivity index is 3.29. The molecule has 50 valence electrons. The van der Waals surface area contributed by atoms with Crippen molar-refractivity contribution in [2.75, 3.05) is 20.0 Å². The molecule has 0 aromatic heterocycles. The van der Waals surface area contributed by atoms with Crippen molar-refractivity contribution in [2.24, 2.45) is 0 Å². The minimum Gasteiger partial charge on any atom is -0.302 e. The third-order valence-electron chi connectivity index (χ3n) is 1.13. The Bertz CT molecular complexity index is 52.4. The van der Waals surface area contributed by atoms with Gasteiger partial charge in [0.15, 0.2) is 0 Å². The van der Waals surface area contributed by atoms with Gasteiger partial charge in [-0.2, -0.15) is 5.06 Å². The second-order valence-corrected chi connectivity index (χ2v) is 2.04. The summed E-state index contributed by atoms with van der Waals surface area (Å²) in [5.41, 5.74) is 0. The number of hydrogen-bond acceptors (Lipinski definition) is 2. The van der Waals surface area contributed by atoms with Gasteiger partial charge in [-0.05, 0) is 6.92 Å².